The summed E-state index contributed by atoms with van der Waals surface area (Å²) in [5, 5.41) is 8.13. The lowest BCUT2D eigenvalue weighted by atomic mass is 10.3. The number of fused-ring (bicyclic) bond motifs is 1. The van der Waals surface area contributed by atoms with Gasteiger partial charge < -0.3 is 4.43 Å². The summed E-state index contributed by atoms with van der Waals surface area (Å²) < 4.78 is 7.58. The van der Waals surface area contributed by atoms with Crippen molar-refractivity contribution in [3.8, 4) is 0 Å². The second kappa shape index (κ2) is 3.75. The van der Waals surface area contributed by atoms with Crippen LogP contribution in [-0.4, -0.2) is 23.3 Å². The van der Waals surface area contributed by atoms with Gasteiger partial charge in [-0.2, -0.15) is 0 Å². The minimum absolute atomic E-state index is 0.496. The fraction of sp³-hybridized carbons (Fsp3) is 0.400. The maximum Gasteiger partial charge on any atom is 0.186 e. The minimum atomic E-state index is -1.49. The van der Waals surface area contributed by atoms with Gasteiger partial charge in [0.15, 0.2) is 8.32 Å². The molecule has 1 aromatic heterocycles. The van der Waals surface area contributed by atoms with Crippen LogP contribution in [-0.2, 0) is 11.2 Å². The van der Waals surface area contributed by atoms with E-state index >= 15 is 0 Å². The molecule has 0 saturated heterocycles. The summed E-state index contributed by atoms with van der Waals surface area (Å²) in [5.74, 6) is 0. The van der Waals surface area contributed by atoms with E-state index in [1.54, 1.807) is 4.68 Å². The number of aromatic nitrogens is 3. The van der Waals surface area contributed by atoms with E-state index in [-0.39, 0.29) is 0 Å². The van der Waals surface area contributed by atoms with Gasteiger partial charge >= 0.3 is 0 Å². The molecule has 0 aliphatic carbocycles. The van der Waals surface area contributed by atoms with Gasteiger partial charge in [0.1, 0.15) is 12.2 Å². The third-order valence-corrected chi connectivity index (χ3v) is 3.04. The van der Waals surface area contributed by atoms with Crippen molar-refractivity contribution in [3.05, 3.63) is 24.3 Å². The minimum Gasteiger partial charge on any atom is -0.399 e. The first kappa shape index (κ1) is 10.3. The van der Waals surface area contributed by atoms with E-state index in [2.05, 4.69) is 30.0 Å². The summed E-state index contributed by atoms with van der Waals surface area (Å²) in [6, 6.07) is 7.90. The average Bonchev–Trinajstić information content (AvgIpc) is 2.57. The zero-order valence-corrected chi connectivity index (χ0v) is 10.3. The smallest absolute Gasteiger partial charge is 0.186 e. The molecule has 0 aliphatic rings. The van der Waals surface area contributed by atoms with Crippen molar-refractivity contribution in [2.45, 2.75) is 26.4 Å². The van der Waals surface area contributed by atoms with Crippen LogP contribution in [0, 0.1) is 0 Å². The zero-order valence-electron chi connectivity index (χ0n) is 9.27. The zero-order chi connectivity index (χ0) is 10.9. The van der Waals surface area contributed by atoms with Crippen molar-refractivity contribution in [2.75, 3.05) is 0 Å². The van der Waals surface area contributed by atoms with Gasteiger partial charge in [-0.15, -0.1) is 5.10 Å². The molecule has 0 aliphatic heterocycles. The summed E-state index contributed by atoms with van der Waals surface area (Å²) in [5.41, 5.74) is 1.94. The van der Waals surface area contributed by atoms with Crippen molar-refractivity contribution >= 4 is 19.4 Å². The Kier molecular flexibility index (Phi) is 2.58. The van der Waals surface area contributed by atoms with Crippen LogP contribution >= 0.6 is 0 Å². The maximum atomic E-state index is 5.78. The van der Waals surface area contributed by atoms with Crippen molar-refractivity contribution in [2.24, 2.45) is 0 Å². The predicted octanol–water partition coefficient (Wildman–Crippen LogP) is 2.24. The Morgan fingerprint density at radius 2 is 2.00 bits per heavy atom. The lowest BCUT2D eigenvalue weighted by Gasteiger charge is -2.16. The number of hydrogen-bond acceptors (Lipinski definition) is 3. The quantitative estimate of drug-likeness (QED) is 0.746. The Morgan fingerprint density at radius 3 is 2.73 bits per heavy atom. The molecule has 15 heavy (non-hydrogen) atoms. The van der Waals surface area contributed by atoms with Gasteiger partial charge in [0.2, 0.25) is 0 Å². The van der Waals surface area contributed by atoms with E-state index in [4.69, 9.17) is 4.43 Å². The van der Waals surface area contributed by atoms with Crippen LogP contribution in [0.2, 0.25) is 19.6 Å². The van der Waals surface area contributed by atoms with Crippen LogP contribution in [0.15, 0.2) is 24.3 Å². The lowest BCUT2D eigenvalue weighted by Crippen LogP contribution is -2.26. The molecule has 5 heteroatoms. The van der Waals surface area contributed by atoms with Gasteiger partial charge in [0.05, 0.1) is 5.52 Å². The maximum absolute atomic E-state index is 5.78. The van der Waals surface area contributed by atoms with Gasteiger partial charge in [0.25, 0.3) is 0 Å². The first-order valence-electron chi connectivity index (χ1n) is 4.98. The molecule has 0 radical (unpaired) electrons. The van der Waals surface area contributed by atoms with Crippen molar-refractivity contribution in [1.29, 1.82) is 0 Å². The molecule has 0 spiro atoms. The van der Waals surface area contributed by atoms with E-state index in [0.29, 0.717) is 6.73 Å². The first-order chi connectivity index (χ1) is 7.06. The van der Waals surface area contributed by atoms with Crippen LogP contribution in [0.4, 0.5) is 0 Å². The molecule has 0 bridgehead atoms. The van der Waals surface area contributed by atoms with E-state index < -0.39 is 8.32 Å². The van der Waals surface area contributed by atoms with Crippen molar-refractivity contribution in [3.63, 3.8) is 0 Å². The average molecular weight is 221 g/mol. The summed E-state index contributed by atoms with van der Waals surface area (Å²) >= 11 is 0. The largest absolute Gasteiger partial charge is 0.399 e. The van der Waals surface area contributed by atoms with Crippen LogP contribution < -0.4 is 0 Å². The second-order valence-electron chi connectivity index (χ2n) is 4.46. The first-order valence-corrected chi connectivity index (χ1v) is 8.39. The van der Waals surface area contributed by atoms with Gasteiger partial charge in [0, 0.05) is 0 Å². The highest BCUT2D eigenvalue weighted by Crippen LogP contribution is 2.11. The van der Waals surface area contributed by atoms with Crippen molar-refractivity contribution in [1.82, 2.24) is 15.0 Å². The molecule has 2 rings (SSSR count). The molecule has 0 N–H and O–H groups in total. The molecule has 0 atom stereocenters. The summed E-state index contributed by atoms with van der Waals surface area (Å²) in [6.45, 7) is 6.97. The highest BCUT2D eigenvalue weighted by molar-refractivity contribution is 6.69. The number of para-hydroxylation sites is 1. The summed E-state index contributed by atoms with van der Waals surface area (Å²) in [6.07, 6.45) is 0. The molecular formula is C10H15N3OSi. The Balaban J connectivity index is 2.22. The van der Waals surface area contributed by atoms with Gasteiger partial charge in [-0.05, 0) is 31.8 Å². The normalized spacial score (nSPS) is 12.2. The SMILES string of the molecule is C[Si](C)(C)OCn1nnc2ccccc21. The van der Waals surface area contributed by atoms with Crippen LogP contribution in [0.1, 0.15) is 0 Å². The number of nitrogens with zero attached hydrogens (tertiary/aromatic N) is 3. The van der Waals surface area contributed by atoms with Gasteiger partial charge in [-0.25, -0.2) is 4.68 Å². The van der Waals surface area contributed by atoms with E-state index in [9.17, 15) is 0 Å². The molecule has 4 nitrogen and oxygen atoms in total. The molecule has 1 aromatic carbocycles. The highest BCUT2D eigenvalue weighted by Gasteiger charge is 2.15. The molecule has 0 saturated carbocycles. The Hall–Kier alpha value is -1.20. The Bertz CT molecular complexity index is 461. The molecule has 0 fully saturated rings. The summed E-state index contributed by atoms with van der Waals surface area (Å²) in [7, 11) is -1.49. The topological polar surface area (TPSA) is 39.9 Å². The van der Waals surface area contributed by atoms with Crippen LogP contribution in [0.25, 0.3) is 11.0 Å². The van der Waals surface area contributed by atoms with Crippen LogP contribution in [0.5, 0.6) is 0 Å². The third kappa shape index (κ3) is 2.43. The van der Waals surface area contributed by atoms with Crippen molar-refractivity contribution < 1.29 is 4.43 Å². The molecular weight excluding hydrogens is 206 g/mol. The number of rotatable bonds is 3. The molecule has 1 heterocycles. The molecule has 0 amide bonds. The fourth-order valence-electron chi connectivity index (χ4n) is 1.27. The van der Waals surface area contributed by atoms with E-state index in [1.165, 1.54) is 0 Å². The molecule has 2 aromatic rings. The van der Waals surface area contributed by atoms with E-state index in [0.717, 1.165) is 11.0 Å². The monoisotopic (exact) mass is 221 g/mol. The van der Waals surface area contributed by atoms with Crippen LogP contribution in [0.3, 0.4) is 0 Å². The fourth-order valence-corrected chi connectivity index (χ4v) is 1.78. The third-order valence-electron chi connectivity index (χ3n) is 2.04. The number of hydrogen-bond donors (Lipinski definition) is 0. The Morgan fingerprint density at radius 1 is 1.27 bits per heavy atom. The lowest BCUT2D eigenvalue weighted by molar-refractivity contribution is 0.216. The molecule has 0 unspecified atom stereocenters. The van der Waals surface area contributed by atoms with Gasteiger partial charge in [-0.1, -0.05) is 17.3 Å². The molecule has 80 valence electrons. The highest BCUT2D eigenvalue weighted by atomic mass is 28.4. The Labute approximate surface area is 90.0 Å². The van der Waals surface area contributed by atoms with E-state index in [1.807, 2.05) is 24.3 Å². The number of benzene rings is 1. The standard InChI is InChI=1S/C10H15N3OSi/c1-15(2,3)14-8-13-10-7-5-4-6-9(10)11-12-13/h4-7H,8H2,1-3H3. The predicted molar refractivity (Wildman–Crippen MR) is 62.0 cm³/mol. The second-order valence-corrected chi connectivity index (χ2v) is 8.98. The van der Waals surface area contributed by atoms with Gasteiger partial charge in [-0.3, -0.25) is 0 Å². The summed E-state index contributed by atoms with van der Waals surface area (Å²) in [4.78, 5) is 0.